The van der Waals surface area contributed by atoms with Gasteiger partial charge in [0, 0.05) is 6.42 Å². The van der Waals surface area contributed by atoms with Gasteiger partial charge >= 0.3 is 12.1 Å². The van der Waals surface area contributed by atoms with Crippen molar-refractivity contribution in [1.29, 1.82) is 0 Å². The SMILES string of the molecule is C[C@@H](NC(=O)[C@H](Cc1ccc(O)cc1)NC(=O)OC(C)(C)C)C(=O)NC1(C(=O)O)CCCC1. The summed E-state index contributed by atoms with van der Waals surface area (Å²) < 4.78 is 5.24. The standard InChI is InChI=1S/C23H33N3O7/c1-14(18(28)26-23(20(30)31)11-5-6-12-23)24-19(29)17(25-21(32)33-22(2,3)4)13-15-7-9-16(27)10-8-15/h7-10,14,17,27H,5-6,11-13H2,1-4H3,(H,24,29)(H,25,32)(H,26,28)(H,30,31)/t14-,17+/m1/s1. The number of aliphatic carboxylic acids is 1. The second kappa shape index (κ2) is 10.5. The van der Waals surface area contributed by atoms with Gasteiger partial charge in [-0.15, -0.1) is 0 Å². The fourth-order valence-corrected chi connectivity index (χ4v) is 3.62. The molecular formula is C23H33N3O7. The van der Waals surface area contributed by atoms with Crippen molar-refractivity contribution in [3.63, 3.8) is 0 Å². The van der Waals surface area contributed by atoms with Gasteiger partial charge in [0.1, 0.15) is 29.0 Å². The van der Waals surface area contributed by atoms with Gasteiger partial charge in [-0.3, -0.25) is 9.59 Å². The lowest BCUT2D eigenvalue weighted by atomic mass is 9.97. The number of hydrogen-bond donors (Lipinski definition) is 5. The van der Waals surface area contributed by atoms with Gasteiger partial charge in [-0.05, 0) is 58.2 Å². The highest BCUT2D eigenvalue weighted by molar-refractivity contribution is 5.94. The topological polar surface area (TPSA) is 154 Å². The molecule has 0 aliphatic heterocycles. The highest BCUT2D eigenvalue weighted by Gasteiger charge is 2.43. The van der Waals surface area contributed by atoms with Gasteiger partial charge in [0.25, 0.3) is 0 Å². The lowest BCUT2D eigenvalue weighted by molar-refractivity contribution is -0.147. The van der Waals surface area contributed by atoms with Gasteiger partial charge < -0.3 is 30.9 Å². The maximum atomic E-state index is 13.0. The molecule has 1 aliphatic rings. The number of benzene rings is 1. The van der Waals surface area contributed by atoms with Gasteiger partial charge in [-0.25, -0.2) is 9.59 Å². The first-order chi connectivity index (χ1) is 15.3. The van der Waals surface area contributed by atoms with Crippen LogP contribution in [0.1, 0.15) is 58.9 Å². The Kier molecular flexibility index (Phi) is 8.29. The van der Waals surface area contributed by atoms with Crippen molar-refractivity contribution in [2.45, 2.75) is 83.0 Å². The van der Waals surface area contributed by atoms with Crippen LogP contribution in [0, 0.1) is 0 Å². The number of carbonyl (C=O) groups excluding carboxylic acids is 3. The molecular weight excluding hydrogens is 430 g/mol. The first-order valence-corrected chi connectivity index (χ1v) is 10.9. The van der Waals surface area contributed by atoms with E-state index >= 15 is 0 Å². The van der Waals surface area contributed by atoms with Crippen molar-refractivity contribution in [3.8, 4) is 5.75 Å². The molecule has 0 bridgehead atoms. The average Bonchev–Trinajstić information content (AvgIpc) is 3.17. The third-order valence-corrected chi connectivity index (χ3v) is 5.36. The number of carboxylic acid groups (broad SMARTS) is 1. The van der Waals surface area contributed by atoms with Crippen molar-refractivity contribution in [1.82, 2.24) is 16.0 Å². The van der Waals surface area contributed by atoms with E-state index < -0.39 is 47.1 Å². The highest BCUT2D eigenvalue weighted by Crippen LogP contribution is 2.30. The van der Waals surface area contributed by atoms with E-state index in [1.165, 1.54) is 19.1 Å². The third kappa shape index (κ3) is 7.65. The normalized spacial score (nSPS) is 16.8. The van der Waals surface area contributed by atoms with Crippen molar-refractivity contribution in [3.05, 3.63) is 29.8 Å². The molecule has 0 aromatic heterocycles. The van der Waals surface area contributed by atoms with Crippen LogP contribution in [0.25, 0.3) is 0 Å². The summed E-state index contributed by atoms with van der Waals surface area (Å²) in [4.78, 5) is 49.6. The molecule has 1 fully saturated rings. The van der Waals surface area contributed by atoms with E-state index in [4.69, 9.17) is 4.74 Å². The number of aromatic hydroxyl groups is 1. The Bertz CT molecular complexity index is 871. The molecule has 10 nitrogen and oxygen atoms in total. The summed E-state index contributed by atoms with van der Waals surface area (Å²) in [6.07, 6.45) is 1.34. The molecule has 5 N–H and O–H groups in total. The van der Waals surface area contributed by atoms with E-state index in [1.807, 2.05) is 0 Å². The van der Waals surface area contributed by atoms with Gasteiger partial charge in [-0.2, -0.15) is 0 Å². The van der Waals surface area contributed by atoms with Crippen molar-refractivity contribution in [2.75, 3.05) is 0 Å². The Balaban J connectivity index is 2.10. The highest BCUT2D eigenvalue weighted by atomic mass is 16.6. The molecule has 1 aliphatic carbocycles. The number of phenols is 1. The minimum Gasteiger partial charge on any atom is -0.508 e. The quantitative estimate of drug-likeness (QED) is 0.394. The van der Waals surface area contributed by atoms with Crippen LogP contribution in [0.2, 0.25) is 0 Å². The number of nitrogens with one attached hydrogen (secondary N) is 3. The molecule has 0 unspecified atom stereocenters. The van der Waals surface area contributed by atoms with E-state index in [0.29, 0.717) is 31.2 Å². The van der Waals surface area contributed by atoms with E-state index in [1.54, 1.807) is 32.9 Å². The zero-order valence-electron chi connectivity index (χ0n) is 19.4. The predicted molar refractivity (Wildman–Crippen MR) is 120 cm³/mol. The van der Waals surface area contributed by atoms with Gasteiger partial charge in [-0.1, -0.05) is 25.0 Å². The fraction of sp³-hybridized carbons (Fsp3) is 0.565. The number of rotatable bonds is 8. The van der Waals surface area contributed by atoms with Crippen molar-refractivity contribution in [2.24, 2.45) is 0 Å². The number of phenolic OH excluding ortho intramolecular Hbond substituents is 1. The molecule has 1 aromatic carbocycles. The van der Waals surface area contributed by atoms with E-state index in [0.717, 1.165) is 0 Å². The van der Waals surface area contributed by atoms with Gasteiger partial charge in [0.05, 0.1) is 0 Å². The monoisotopic (exact) mass is 463 g/mol. The molecule has 0 spiro atoms. The Hall–Kier alpha value is -3.30. The molecule has 0 heterocycles. The van der Waals surface area contributed by atoms with Crippen molar-refractivity contribution < 1.29 is 34.1 Å². The van der Waals surface area contributed by atoms with Crippen LogP contribution in [0.4, 0.5) is 4.79 Å². The first-order valence-electron chi connectivity index (χ1n) is 10.9. The third-order valence-electron chi connectivity index (χ3n) is 5.36. The minimum absolute atomic E-state index is 0.0596. The average molecular weight is 464 g/mol. The fourth-order valence-electron chi connectivity index (χ4n) is 3.62. The molecule has 1 saturated carbocycles. The second-order valence-electron chi connectivity index (χ2n) is 9.38. The summed E-state index contributed by atoms with van der Waals surface area (Å²) in [7, 11) is 0. The summed E-state index contributed by atoms with van der Waals surface area (Å²) in [6.45, 7) is 6.52. The van der Waals surface area contributed by atoms with Crippen LogP contribution in [-0.2, 0) is 25.5 Å². The molecule has 0 saturated heterocycles. The molecule has 3 amide bonds. The maximum Gasteiger partial charge on any atom is 0.408 e. The number of amides is 3. The Morgan fingerprint density at radius 1 is 1.03 bits per heavy atom. The van der Waals surface area contributed by atoms with Crippen LogP contribution in [0.5, 0.6) is 5.75 Å². The largest absolute Gasteiger partial charge is 0.508 e. The summed E-state index contributed by atoms with van der Waals surface area (Å²) in [5.74, 6) is -2.28. The number of carboxylic acids is 1. The lowest BCUT2D eigenvalue weighted by Gasteiger charge is -2.28. The molecule has 33 heavy (non-hydrogen) atoms. The number of hydrogen-bond acceptors (Lipinski definition) is 6. The molecule has 0 radical (unpaired) electrons. The minimum atomic E-state index is -1.32. The Morgan fingerprint density at radius 2 is 1.61 bits per heavy atom. The Morgan fingerprint density at radius 3 is 2.12 bits per heavy atom. The zero-order chi connectivity index (χ0) is 24.8. The van der Waals surface area contributed by atoms with Gasteiger partial charge in [0.15, 0.2) is 0 Å². The summed E-state index contributed by atoms with van der Waals surface area (Å²) >= 11 is 0. The van der Waals surface area contributed by atoms with Crippen LogP contribution in [-0.4, -0.2) is 57.3 Å². The lowest BCUT2D eigenvalue weighted by Crippen LogP contribution is -2.59. The van der Waals surface area contributed by atoms with E-state index in [9.17, 15) is 29.4 Å². The van der Waals surface area contributed by atoms with E-state index in [2.05, 4.69) is 16.0 Å². The molecule has 182 valence electrons. The Labute approximate surface area is 193 Å². The number of ether oxygens (including phenoxy) is 1. The van der Waals surface area contributed by atoms with Gasteiger partial charge in [0.2, 0.25) is 11.8 Å². The van der Waals surface area contributed by atoms with Crippen molar-refractivity contribution >= 4 is 23.9 Å². The second-order valence-corrected chi connectivity index (χ2v) is 9.38. The smallest absolute Gasteiger partial charge is 0.408 e. The maximum absolute atomic E-state index is 13.0. The molecule has 10 heteroatoms. The molecule has 2 atom stereocenters. The van der Waals surface area contributed by atoms with E-state index in [-0.39, 0.29) is 12.2 Å². The first kappa shape index (κ1) is 26.0. The summed E-state index contributed by atoms with van der Waals surface area (Å²) in [5, 5.41) is 26.7. The number of alkyl carbamates (subject to hydrolysis) is 1. The predicted octanol–water partition coefficient (Wildman–Crippen LogP) is 1.85. The van der Waals surface area contributed by atoms with Crippen LogP contribution < -0.4 is 16.0 Å². The number of carbonyl (C=O) groups is 4. The molecule has 1 aromatic rings. The van der Waals surface area contributed by atoms with Crippen LogP contribution in [0.15, 0.2) is 24.3 Å². The molecule has 2 rings (SSSR count). The van der Waals surface area contributed by atoms with Crippen LogP contribution in [0.3, 0.4) is 0 Å². The summed E-state index contributed by atoms with van der Waals surface area (Å²) in [6, 6.07) is 4.04. The zero-order valence-corrected chi connectivity index (χ0v) is 19.4. The summed E-state index contributed by atoms with van der Waals surface area (Å²) in [5.41, 5.74) is -1.43. The van der Waals surface area contributed by atoms with Crippen LogP contribution >= 0.6 is 0 Å².